The number of amides is 2. The molecule has 0 heterocycles. The van der Waals surface area contributed by atoms with Gasteiger partial charge in [0.05, 0.1) is 34.4 Å². The molecule has 1 aromatic carbocycles. The summed E-state index contributed by atoms with van der Waals surface area (Å²) in [5, 5.41) is 22.5. The topological polar surface area (TPSA) is 196 Å². The van der Waals surface area contributed by atoms with Gasteiger partial charge < -0.3 is 26.6 Å². The third-order valence-corrected chi connectivity index (χ3v) is 5.22. The Bertz CT molecular complexity index is 820. The Balaban J connectivity index is 2.79. The summed E-state index contributed by atoms with van der Waals surface area (Å²) in [6.07, 6.45) is 0. The summed E-state index contributed by atoms with van der Waals surface area (Å²) >= 11 is 0. The highest BCUT2D eigenvalue weighted by molar-refractivity contribution is 7.91. The van der Waals surface area contributed by atoms with Crippen LogP contribution in [0.4, 0.5) is 16.2 Å². The number of carbonyl (C=O) groups excluding carboxylic acids is 1. The second-order valence-electron chi connectivity index (χ2n) is 4.64. The summed E-state index contributed by atoms with van der Waals surface area (Å²) in [6.45, 7) is -0.813. The molecule has 7 N–H and O–H groups in total. The maximum Gasteiger partial charge on any atom is 0.319 e. The Morgan fingerprint density at radius 2 is 1.79 bits per heavy atom. The summed E-state index contributed by atoms with van der Waals surface area (Å²) in [4.78, 5) is 11.0. The van der Waals surface area contributed by atoms with Gasteiger partial charge in [-0.3, -0.25) is 4.55 Å². The molecule has 0 fully saturated rings. The molecule has 136 valence electrons. The van der Waals surface area contributed by atoms with E-state index in [0.717, 1.165) is 12.1 Å². The average molecular weight is 383 g/mol. The SMILES string of the molecule is Nc1cc(S(=O)(=O)O)cc(NC(=O)NCCS(=O)(=O)CCO)c1O. The van der Waals surface area contributed by atoms with Crippen molar-refractivity contribution in [3.8, 4) is 5.75 Å². The summed E-state index contributed by atoms with van der Waals surface area (Å²) in [5.41, 5.74) is 4.60. The molecule has 0 bridgehead atoms. The first-order chi connectivity index (χ1) is 11.0. The van der Waals surface area contributed by atoms with Crippen LogP contribution < -0.4 is 16.4 Å². The second-order valence-corrected chi connectivity index (χ2v) is 8.37. The summed E-state index contributed by atoms with van der Waals surface area (Å²) < 4.78 is 53.8. The van der Waals surface area contributed by atoms with Gasteiger partial charge in [-0.2, -0.15) is 8.42 Å². The number of phenolic OH excluding ortho intramolecular Hbond substituents is 1. The van der Waals surface area contributed by atoms with Crippen LogP contribution in [0.5, 0.6) is 5.75 Å². The predicted octanol–water partition coefficient (Wildman–Crippen LogP) is -1.25. The molecule has 0 saturated carbocycles. The summed E-state index contributed by atoms with van der Waals surface area (Å²) in [7, 11) is -8.12. The first-order valence-corrected chi connectivity index (χ1v) is 9.68. The third-order valence-electron chi connectivity index (χ3n) is 2.76. The van der Waals surface area contributed by atoms with Gasteiger partial charge in [0.1, 0.15) is 0 Å². The minimum Gasteiger partial charge on any atom is -0.504 e. The van der Waals surface area contributed by atoms with Crippen LogP contribution in [0.3, 0.4) is 0 Å². The fourth-order valence-electron chi connectivity index (χ4n) is 1.60. The molecule has 0 atom stereocenters. The van der Waals surface area contributed by atoms with Crippen LogP contribution in [0.2, 0.25) is 0 Å². The first kappa shape index (κ1) is 20.0. The van der Waals surface area contributed by atoms with Crippen molar-refractivity contribution in [1.29, 1.82) is 0 Å². The lowest BCUT2D eigenvalue weighted by Crippen LogP contribution is -2.33. The zero-order chi connectivity index (χ0) is 18.5. The number of carbonyl (C=O) groups is 1. The number of aliphatic hydroxyl groups is 1. The lowest BCUT2D eigenvalue weighted by atomic mass is 10.2. The number of nitrogens with one attached hydrogen (secondary N) is 2. The number of anilines is 2. The fraction of sp³-hybridized carbons (Fsp3) is 0.364. The number of hydrogen-bond donors (Lipinski definition) is 6. The molecule has 0 radical (unpaired) electrons. The molecule has 0 aliphatic heterocycles. The van der Waals surface area contributed by atoms with E-state index in [0.29, 0.717) is 0 Å². The fourth-order valence-corrected chi connectivity index (χ4v) is 3.04. The number of phenols is 1. The highest BCUT2D eigenvalue weighted by Gasteiger charge is 2.17. The van der Waals surface area contributed by atoms with Crippen LogP contribution in [0.25, 0.3) is 0 Å². The number of urea groups is 1. The van der Waals surface area contributed by atoms with Crippen molar-refractivity contribution < 1.29 is 36.4 Å². The molecule has 0 spiro atoms. The van der Waals surface area contributed by atoms with Gasteiger partial charge in [-0.05, 0) is 12.1 Å². The summed E-state index contributed by atoms with van der Waals surface area (Å²) in [5.74, 6) is -1.48. The molecule has 0 aliphatic rings. The normalized spacial score (nSPS) is 11.9. The number of aromatic hydroxyl groups is 1. The summed E-state index contributed by atoms with van der Waals surface area (Å²) in [6, 6.07) is 0.648. The predicted molar refractivity (Wildman–Crippen MR) is 85.1 cm³/mol. The van der Waals surface area contributed by atoms with Gasteiger partial charge in [-0.1, -0.05) is 0 Å². The van der Waals surface area contributed by atoms with E-state index in [2.05, 4.69) is 10.6 Å². The number of nitrogen functional groups attached to an aromatic ring is 1. The quantitative estimate of drug-likeness (QED) is 0.189. The number of sulfone groups is 1. The zero-order valence-corrected chi connectivity index (χ0v) is 13.9. The molecule has 13 heteroatoms. The number of hydrogen-bond acceptors (Lipinski definition) is 8. The van der Waals surface area contributed by atoms with Gasteiger partial charge in [0.15, 0.2) is 15.6 Å². The van der Waals surface area contributed by atoms with Crippen LogP contribution in [0, 0.1) is 0 Å². The van der Waals surface area contributed by atoms with Crippen molar-refractivity contribution >= 4 is 37.4 Å². The van der Waals surface area contributed by atoms with Crippen molar-refractivity contribution in [1.82, 2.24) is 5.32 Å². The van der Waals surface area contributed by atoms with E-state index in [1.165, 1.54) is 0 Å². The van der Waals surface area contributed by atoms with E-state index < -0.39 is 66.1 Å². The smallest absolute Gasteiger partial charge is 0.319 e. The lowest BCUT2D eigenvalue weighted by Gasteiger charge is -2.12. The average Bonchev–Trinajstić information content (AvgIpc) is 2.42. The molecule has 0 unspecified atom stereocenters. The van der Waals surface area contributed by atoms with Crippen molar-refractivity contribution in [3.63, 3.8) is 0 Å². The number of aliphatic hydroxyl groups excluding tert-OH is 1. The van der Waals surface area contributed by atoms with Gasteiger partial charge in [-0.25, -0.2) is 13.2 Å². The molecule has 11 nitrogen and oxygen atoms in total. The monoisotopic (exact) mass is 383 g/mol. The largest absolute Gasteiger partial charge is 0.504 e. The van der Waals surface area contributed by atoms with Crippen LogP contribution in [-0.2, 0) is 20.0 Å². The van der Waals surface area contributed by atoms with Crippen molar-refractivity contribution in [2.75, 3.05) is 35.7 Å². The maximum atomic E-state index is 11.7. The van der Waals surface area contributed by atoms with Crippen molar-refractivity contribution in [3.05, 3.63) is 12.1 Å². The van der Waals surface area contributed by atoms with E-state index in [9.17, 15) is 26.7 Å². The molecule has 1 rings (SSSR count). The van der Waals surface area contributed by atoms with Gasteiger partial charge in [-0.15, -0.1) is 0 Å². The Morgan fingerprint density at radius 3 is 2.33 bits per heavy atom. The van der Waals surface area contributed by atoms with Gasteiger partial charge >= 0.3 is 6.03 Å². The molecule has 0 saturated heterocycles. The highest BCUT2D eigenvalue weighted by Crippen LogP contribution is 2.33. The second kappa shape index (κ2) is 7.65. The maximum absolute atomic E-state index is 11.7. The number of nitrogens with two attached hydrogens (primary N) is 1. The Hall–Kier alpha value is -2.09. The zero-order valence-electron chi connectivity index (χ0n) is 12.3. The van der Waals surface area contributed by atoms with E-state index in [-0.39, 0.29) is 6.54 Å². The van der Waals surface area contributed by atoms with Crippen LogP contribution in [0.1, 0.15) is 0 Å². The van der Waals surface area contributed by atoms with Gasteiger partial charge in [0.2, 0.25) is 0 Å². The van der Waals surface area contributed by atoms with E-state index in [1.54, 1.807) is 0 Å². The van der Waals surface area contributed by atoms with Crippen LogP contribution >= 0.6 is 0 Å². The molecule has 24 heavy (non-hydrogen) atoms. The third kappa shape index (κ3) is 5.84. The number of benzene rings is 1. The molecule has 2 amide bonds. The van der Waals surface area contributed by atoms with Crippen molar-refractivity contribution in [2.45, 2.75) is 4.90 Å². The van der Waals surface area contributed by atoms with E-state index >= 15 is 0 Å². The number of rotatable bonds is 7. The van der Waals surface area contributed by atoms with Crippen molar-refractivity contribution in [2.24, 2.45) is 0 Å². The Kier molecular flexibility index (Phi) is 6.36. The standard InChI is InChI=1S/C11H17N3O8S2/c12-8-5-7(24(20,21)22)6-9(10(8)16)14-11(17)13-1-3-23(18,19)4-2-15/h5-6,15-16H,1-4,12H2,(H2,13,14,17)(H,20,21,22). The molecule has 0 aliphatic carbocycles. The van der Waals surface area contributed by atoms with Crippen LogP contribution in [-0.4, -0.2) is 62.3 Å². The minimum atomic E-state index is -4.61. The van der Waals surface area contributed by atoms with E-state index in [4.69, 9.17) is 15.4 Å². The highest BCUT2D eigenvalue weighted by atomic mass is 32.2. The molecule has 0 aromatic heterocycles. The minimum absolute atomic E-state index is 0.275. The molecular formula is C11H17N3O8S2. The lowest BCUT2D eigenvalue weighted by molar-refractivity contribution is 0.252. The Labute approximate surface area is 138 Å². The van der Waals surface area contributed by atoms with E-state index in [1.807, 2.05) is 0 Å². The Morgan fingerprint density at radius 1 is 1.17 bits per heavy atom. The molecular weight excluding hydrogens is 366 g/mol. The van der Waals surface area contributed by atoms with Gasteiger partial charge in [0, 0.05) is 6.54 Å². The van der Waals surface area contributed by atoms with Gasteiger partial charge in [0.25, 0.3) is 10.1 Å². The molecule has 1 aromatic rings. The van der Waals surface area contributed by atoms with Crippen LogP contribution in [0.15, 0.2) is 17.0 Å². The first-order valence-electron chi connectivity index (χ1n) is 6.42.